The van der Waals surface area contributed by atoms with Gasteiger partial charge in [0.1, 0.15) is 17.6 Å². The molecule has 1 saturated carbocycles. The molecule has 10 heteroatoms. The van der Waals surface area contributed by atoms with Crippen molar-refractivity contribution in [3.05, 3.63) is 35.8 Å². The summed E-state index contributed by atoms with van der Waals surface area (Å²) in [5, 5.41) is 6.76. The van der Waals surface area contributed by atoms with Gasteiger partial charge in [0.25, 0.3) is 5.91 Å². The first-order valence-electron chi connectivity index (χ1n) is 13.7. The Hall–Kier alpha value is -2.98. The summed E-state index contributed by atoms with van der Waals surface area (Å²) in [6.07, 6.45) is 5.14. The van der Waals surface area contributed by atoms with E-state index in [2.05, 4.69) is 10.6 Å². The van der Waals surface area contributed by atoms with Crippen LogP contribution in [0.25, 0.3) is 10.9 Å². The summed E-state index contributed by atoms with van der Waals surface area (Å²) in [7, 11) is 3.32. The van der Waals surface area contributed by atoms with Crippen molar-refractivity contribution in [3.8, 4) is 0 Å². The van der Waals surface area contributed by atoms with Crippen LogP contribution in [-0.2, 0) is 20.9 Å². The van der Waals surface area contributed by atoms with E-state index in [4.69, 9.17) is 4.74 Å². The number of aromatic nitrogens is 1. The van der Waals surface area contributed by atoms with Crippen LogP contribution in [0.5, 0.6) is 0 Å². The van der Waals surface area contributed by atoms with Crippen molar-refractivity contribution in [1.82, 2.24) is 25.0 Å². The van der Waals surface area contributed by atoms with E-state index in [-0.39, 0.29) is 35.5 Å². The molecule has 3 amide bonds. The molecule has 1 aliphatic heterocycles. The highest BCUT2D eigenvalue weighted by Gasteiger charge is 2.36. The molecule has 1 aromatic carbocycles. The van der Waals surface area contributed by atoms with Gasteiger partial charge in [-0.25, -0.2) is 4.39 Å². The maximum Gasteiger partial charge on any atom is 0.270 e. The van der Waals surface area contributed by atoms with E-state index in [9.17, 15) is 18.8 Å². The van der Waals surface area contributed by atoms with Crippen LogP contribution >= 0.6 is 0 Å². The third kappa shape index (κ3) is 6.18. The first-order valence-corrected chi connectivity index (χ1v) is 13.7. The first-order chi connectivity index (χ1) is 18.3. The summed E-state index contributed by atoms with van der Waals surface area (Å²) >= 11 is 0. The number of carbonyl (C=O) groups is 3. The Kier molecular flexibility index (Phi) is 9.38. The second kappa shape index (κ2) is 12.7. The Labute approximate surface area is 223 Å². The fourth-order valence-corrected chi connectivity index (χ4v) is 5.57. The molecule has 1 aromatic heterocycles. The van der Waals surface area contributed by atoms with Gasteiger partial charge >= 0.3 is 0 Å². The SMILES string of the molecule is CN[C@@H](C)C(=O)NC(C(=O)N1CCN(C(=O)c2cc3ccc(F)cc3n2CCOC)CC1)C1CCCCC1. The minimum absolute atomic E-state index is 0.0645. The molecule has 0 bridgehead atoms. The lowest BCUT2D eigenvalue weighted by Crippen LogP contribution is -2.59. The molecule has 2 aromatic rings. The van der Waals surface area contributed by atoms with Gasteiger partial charge in [-0.05, 0) is 57.0 Å². The smallest absolute Gasteiger partial charge is 0.270 e. The highest BCUT2D eigenvalue weighted by molar-refractivity contribution is 5.99. The zero-order valence-corrected chi connectivity index (χ0v) is 22.7. The summed E-state index contributed by atoms with van der Waals surface area (Å²) in [4.78, 5) is 43.4. The molecule has 9 nitrogen and oxygen atoms in total. The highest BCUT2D eigenvalue weighted by atomic mass is 19.1. The van der Waals surface area contributed by atoms with Crippen molar-refractivity contribution >= 4 is 28.6 Å². The number of hydrogen-bond donors (Lipinski definition) is 2. The lowest BCUT2D eigenvalue weighted by molar-refractivity contribution is -0.140. The standard InChI is InChI=1S/C28H40FN5O4/c1-19(30-2)26(35)31-25(20-7-5-4-6-8-20)28(37)33-13-11-32(12-14-33)27(36)24-17-21-9-10-22(29)18-23(21)34(24)15-16-38-3/h9-10,17-20,25,30H,4-8,11-16H2,1-3H3,(H,31,35)/t19-,25?/m0/s1. The average Bonchev–Trinajstić information content (AvgIpc) is 3.31. The topological polar surface area (TPSA) is 95.9 Å². The molecule has 1 saturated heterocycles. The molecule has 2 aliphatic rings. The van der Waals surface area contributed by atoms with E-state index in [1.165, 1.54) is 12.1 Å². The number of fused-ring (bicyclic) bond motifs is 1. The number of methoxy groups -OCH3 is 1. The number of likely N-dealkylation sites (N-methyl/N-ethyl adjacent to an activating group) is 1. The molecule has 0 spiro atoms. The molecule has 4 rings (SSSR count). The lowest BCUT2D eigenvalue weighted by Gasteiger charge is -2.39. The number of piperazine rings is 1. The predicted molar refractivity (Wildman–Crippen MR) is 143 cm³/mol. The lowest BCUT2D eigenvalue weighted by atomic mass is 9.83. The van der Waals surface area contributed by atoms with Gasteiger partial charge in [-0.2, -0.15) is 0 Å². The maximum atomic E-state index is 14.0. The number of amides is 3. The summed E-state index contributed by atoms with van der Waals surface area (Å²) < 4.78 is 21.0. The summed E-state index contributed by atoms with van der Waals surface area (Å²) in [5.41, 5.74) is 1.14. The minimum Gasteiger partial charge on any atom is -0.383 e. The van der Waals surface area contributed by atoms with E-state index in [1.807, 2.05) is 0 Å². The van der Waals surface area contributed by atoms with Crippen LogP contribution in [0.2, 0.25) is 0 Å². The molecule has 1 aliphatic carbocycles. The van der Waals surface area contributed by atoms with Crippen molar-refractivity contribution in [1.29, 1.82) is 0 Å². The highest BCUT2D eigenvalue weighted by Crippen LogP contribution is 2.28. The van der Waals surface area contributed by atoms with Gasteiger partial charge in [0.15, 0.2) is 0 Å². The zero-order chi connectivity index (χ0) is 27.2. The van der Waals surface area contributed by atoms with Crippen LogP contribution in [0.3, 0.4) is 0 Å². The fraction of sp³-hybridized carbons (Fsp3) is 0.607. The molecule has 208 valence electrons. The monoisotopic (exact) mass is 529 g/mol. The molecule has 1 unspecified atom stereocenters. The van der Waals surface area contributed by atoms with Gasteiger partial charge in [-0.15, -0.1) is 0 Å². The van der Waals surface area contributed by atoms with Crippen molar-refractivity contribution in [2.24, 2.45) is 5.92 Å². The number of nitrogens with zero attached hydrogens (tertiary/aromatic N) is 3. The second-order valence-corrected chi connectivity index (χ2v) is 10.4. The molecular weight excluding hydrogens is 489 g/mol. The van der Waals surface area contributed by atoms with E-state index in [1.54, 1.807) is 47.6 Å². The maximum absolute atomic E-state index is 14.0. The summed E-state index contributed by atoms with van der Waals surface area (Å²) in [6, 6.07) is 5.36. The Morgan fingerprint density at radius 1 is 1.05 bits per heavy atom. The van der Waals surface area contributed by atoms with Crippen molar-refractivity contribution in [2.75, 3.05) is 46.9 Å². The van der Waals surface area contributed by atoms with Crippen molar-refractivity contribution < 1.29 is 23.5 Å². The van der Waals surface area contributed by atoms with Crippen molar-refractivity contribution in [3.63, 3.8) is 0 Å². The van der Waals surface area contributed by atoms with Gasteiger partial charge in [-0.3, -0.25) is 14.4 Å². The third-order valence-corrected chi connectivity index (χ3v) is 7.99. The van der Waals surface area contributed by atoms with Crippen LogP contribution in [0.15, 0.2) is 24.3 Å². The Morgan fingerprint density at radius 2 is 1.74 bits per heavy atom. The van der Waals surface area contributed by atoms with Gasteiger partial charge in [0.2, 0.25) is 11.8 Å². The quantitative estimate of drug-likeness (QED) is 0.520. The van der Waals surface area contributed by atoms with Gasteiger partial charge in [-0.1, -0.05) is 19.3 Å². The van der Waals surface area contributed by atoms with Crippen LogP contribution in [0.1, 0.15) is 49.5 Å². The van der Waals surface area contributed by atoms with Crippen LogP contribution in [0, 0.1) is 11.7 Å². The molecular formula is C28H40FN5O4. The first kappa shape index (κ1) is 28.0. The average molecular weight is 530 g/mol. The number of carbonyl (C=O) groups excluding carboxylic acids is 3. The predicted octanol–water partition coefficient (Wildman–Crippen LogP) is 2.38. The third-order valence-electron chi connectivity index (χ3n) is 7.99. The molecule has 0 radical (unpaired) electrons. The normalized spacial score (nSPS) is 18.4. The number of halogens is 1. The molecule has 2 atom stereocenters. The molecule has 2 N–H and O–H groups in total. The molecule has 38 heavy (non-hydrogen) atoms. The number of benzene rings is 1. The van der Waals surface area contributed by atoms with E-state index in [0.29, 0.717) is 50.5 Å². The van der Waals surface area contributed by atoms with Gasteiger partial charge in [0, 0.05) is 45.2 Å². The van der Waals surface area contributed by atoms with Gasteiger partial charge in [0.05, 0.1) is 18.2 Å². The summed E-state index contributed by atoms with van der Waals surface area (Å²) in [5.74, 6) is -0.620. The van der Waals surface area contributed by atoms with Crippen LogP contribution < -0.4 is 10.6 Å². The fourth-order valence-electron chi connectivity index (χ4n) is 5.57. The van der Waals surface area contributed by atoms with Crippen molar-refractivity contribution in [2.45, 2.75) is 57.7 Å². The largest absolute Gasteiger partial charge is 0.383 e. The van der Waals surface area contributed by atoms with Crippen LogP contribution in [-0.4, -0.2) is 91.1 Å². The van der Waals surface area contributed by atoms with E-state index >= 15 is 0 Å². The number of rotatable bonds is 9. The van der Waals surface area contributed by atoms with E-state index < -0.39 is 6.04 Å². The molecule has 2 heterocycles. The van der Waals surface area contributed by atoms with Crippen LogP contribution in [0.4, 0.5) is 4.39 Å². The van der Waals surface area contributed by atoms with Gasteiger partial charge < -0.3 is 29.7 Å². The Bertz CT molecular complexity index is 1140. The number of nitrogens with one attached hydrogen (secondary N) is 2. The minimum atomic E-state index is -0.549. The number of ether oxygens (including phenoxy) is 1. The Morgan fingerprint density at radius 3 is 2.39 bits per heavy atom. The van der Waals surface area contributed by atoms with E-state index in [0.717, 1.165) is 37.5 Å². The zero-order valence-electron chi connectivity index (χ0n) is 22.7. The second-order valence-electron chi connectivity index (χ2n) is 10.4. The number of hydrogen-bond acceptors (Lipinski definition) is 5. The summed E-state index contributed by atoms with van der Waals surface area (Å²) in [6.45, 7) is 4.19. The Balaban J connectivity index is 1.46. The molecule has 2 fully saturated rings.